The number of fused-ring (bicyclic) bond motifs is 1. The van der Waals surface area contributed by atoms with Crippen LogP contribution in [0.1, 0.15) is 43.1 Å². The largest absolute Gasteiger partial charge is 0.381 e. The average Bonchev–Trinajstić information content (AvgIpc) is 2.97. The molecule has 118 valence electrons. The van der Waals surface area contributed by atoms with Crippen molar-refractivity contribution in [1.82, 2.24) is 9.88 Å². The van der Waals surface area contributed by atoms with Crippen molar-refractivity contribution in [3.05, 3.63) is 36.0 Å². The molecular weight excluding hydrogens is 276 g/mol. The molecule has 0 spiro atoms. The number of hydrogen-bond acceptors (Lipinski definition) is 2. The molecule has 4 heteroatoms. The minimum Gasteiger partial charge on any atom is -0.381 e. The topological polar surface area (TPSA) is 43.3 Å². The van der Waals surface area contributed by atoms with Crippen LogP contribution in [0.2, 0.25) is 0 Å². The zero-order valence-electron chi connectivity index (χ0n) is 13.3. The van der Waals surface area contributed by atoms with Crippen molar-refractivity contribution in [3.8, 4) is 0 Å². The van der Waals surface area contributed by atoms with E-state index < -0.39 is 0 Å². The standard InChI is InChI=1S/C18H24N2O2/c1-13(2)20-9-6-15-16(4-3-5-17(15)20)18(21)19-12-14-7-10-22-11-8-14/h3-6,9,13-14H,7-8,10-12H2,1-2H3,(H,19,21). The van der Waals surface area contributed by atoms with Crippen molar-refractivity contribution in [3.63, 3.8) is 0 Å². The van der Waals surface area contributed by atoms with Gasteiger partial charge >= 0.3 is 0 Å². The smallest absolute Gasteiger partial charge is 0.251 e. The second-order valence-corrected chi connectivity index (χ2v) is 6.32. The molecule has 1 N–H and O–H groups in total. The summed E-state index contributed by atoms with van der Waals surface area (Å²) in [6.45, 7) is 6.67. The predicted molar refractivity (Wildman–Crippen MR) is 88.2 cm³/mol. The van der Waals surface area contributed by atoms with Crippen LogP contribution in [0.3, 0.4) is 0 Å². The SMILES string of the molecule is CC(C)n1ccc2c(C(=O)NCC3CCOCC3)cccc21. The van der Waals surface area contributed by atoms with Crippen LogP contribution in [0.5, 0.6) is 0 Å². The van der Waals surface area contributed by atoms with Gasteiger partial charge in [-0.3, -0.25) is 4.79 Å². The Hall–Kier alpha value is -1.81. The van der Waals surface area contributed by atoms with E-state index in [4.69, 9.17) is 4.74 Å². The van der Waals surface area contributed by atoms with E-state index in [1.165, 1.54) is 0 Å². The molecular formula is C18H24N2O2. The molecule has 1 aliphatic rings. The number of aromatic nitrogens is 1. The summed E-state index contributed by atoms with van der Waals surface area (Å²) >= 11 is 0. The fraction of sp³-hybridized carbons (Fsp3) is 0.500. The maximum atomic E-state index is 12.5. The number of rotatable bonds is 4. The number of ether oxygens (including phenoxy) is 1. The van der Waals surface area contributed by atoms with Crippen LogP contribution in [-0.2, 0) is 4.74 Å². The monoisotopic (exact) mass is 300 g/mol. The maximum absolute atomic E-state index is 12.5. The van der Waals surface area contributed by atoms with E-state index in [2.05, 4.69) is 36.0 Å². The Kier molecular flexibility index (Phi) is 4.48. The van der Waals surface area contributed by atoms with Crippen molar-refractivity contribution in [2.75, 3.05) is 19.8 Å². The lowest BCUT2D eigenvalue weighted by atomic mass is 10.00. The molecule has 2 aromatic rings. The van der Waals surface area contributed by atoms with E-state index in [-0.39, 0.29) is 5.91 Å². The molecule has 1 aromatic carbocycles. The molecule has 1 amide bonds. The Bertz CT molecular complexity index is 654. The quantitative estimate of drug-likeness (QED) is 0.940. The molecule has 1 aromatic heterocycles. The molecule has 1 aliphatic heterocycles. The molecule has 0 bridgehead atoms. The lowest BCUT2D eigenvalue weighted by Gasteiger charge is -2.22. The van der Waals surface area contributed by atoms with Gasteiger partial charge in [-0.2, -0.15) is 0 Å². The summed E-state index contributed by atoms with van der Waals surface area (Å²) in [5.41, 5.74) is 1.89. The molecule has 0 atom stereocenters. The van der Waals surface area contributed by atoms with E-state index in [1.807, 2.05) is 18.2 Å². The molecule has 0 saturated carbocycles. The molecule has 1 fully saturated rings. The third-order valence-electron chi connectivity index (χ3n) is 4.46. The second-order valence-electron chi connectivity index (χ2n) is 6.32. The van der Waals surface area contributed by atoms with Crippen LogP contribution in [0, 0.1) is 5.92 Å². The number of carbonyl (C=O) groups is 1. The summed E-state index contributed by atoms with van der Waals surface area (Å²) in [6.07, 6.45) is 4.13. The van der Waals surface area contributed by atoms with Gasteiger partial charge in [0.05, 0.1) is 0 Å². The fourth-order valence-electron chi connectivity index (χ4n) is 3.12. The molecule has 2 heterocycles. The Labute approximate surface area is 131 Å². The summed E-state index contributed by atoms with van der Waals surface area (Å²) in [5.74, 6) is 0.566. The number of amides is 1. The second kappa shape index (κ2) is 6.53. The van der Waals surface area contributed by atoms with Gasteiger partial charge in [-0.25, -0.2) is 0 Å². The first kappa shape index (κ1) is 15.1. The zero-order chi connectivity index (χ0) is 15.5. The first-order chi connectivity index (χ1) is 10.7. The van der Waals surface area contributed by atoms with Gasteiger partial charge in [-0.1, -0.05) is 6.07 Å². The number of benzene rings is 1. The van der Waals surface area contributed by atoms with Crippen molar-refractivity contribution in [1.29, 1.82) is 0 Å². The fourth-order valence-corrected chi connectivity index (χ4v) is 3.12. The van der Waals surface area contributed by atoms with Gasteiger partial charge in [0.25, 0.3) is 5.91 Å². The summed E-state index contributed by atoms with van der Waals surface area (Å²) in [5, 5.41) is 4.12. The van der Waals surface area contributed by atoms with Crippen LogP contribution < -0.4 is 5.32 Å². The Morgan fingerprint density at radius 1 is 1.32 bits per heavy atom. The molecule has 4 nitrogen and oxygen atoms in total. The highest BCUT2D eigenvalue weighted by molar-refractivity contribution is 6.06. The number of nitrogens with one attached hydrogen (secondary N) is 1. The summed E-state index contributed by atoms with van der Waals surface area (Å²) in [7, 11) is 0. The molecule has 0 aliphatic carbocycles. The van der Waals surface area contributed by atoms with Gasteiger partial charge in [-0.05, 0) is 50.8 Å². The van der Waals surface area contributed by atoms with Crippen LogP contribution in [0.15, 0.2) is 30.5 Å². The normalized spacial score (nSPS) is 16.3. The van der Waals surface area contributed by atoms with Crippen molar-refractivity contribution >= 4 is 16.8 Å². The first-order valence-electron chi connectivity index (χ1n) is 8.12. The first-order valence-corrected chi connectivity index (χ1v) is 8.12. The highest BCUT2D eigenvalue weighted by Gasteiger charge is 2.17. The predicted octanol–water partition coefficient (Wildman–Crippen LogP) is 3.38. The lowest BCUT2D eigenvalue weighted by Crippen LogP contribution is -2.32. The highest BCUT2D eigenvalue weighted by atomic mass is 16.5. The van der Waals surface area contributed by atoms with Crippen LogP contribution in [0.4, 0.5) is 0 Å². The Morgan fingerprint density at radius 2 is 2.09 bits per heavy atom. The molecule has 1 saturated heterocycles. The minimum absolute atomic E-state index is 0.0265. The van der Waals surface area contributed by atoms with Crippen molar-refractivity contribution in [2.45, 2.75) is 32.7 Å². The number of carbonyl (C=O) groups excluding carboxylic acids is 1. The van der Waals surface area contributed by atoms with E-state index in [9.17, 15) is 4.79 Å². The highest BCUT2D eigenvalue weighted by Crippen LogP contribution is 2.23. The van der Waals surface area contributed by atoms with E-state index >= 15 is 0 Å². The molecule has 3 rings (SSSR count). The number of hydrogen-bond donors (Lipinski definition) is 1. The average molecular weight is 300 g/mol. The van der Waals surface area contributed by atoms with Crippen molar-refractivity contribution < 1.29 is 9.53 Å². The van der Waals surface area contributed by atoms with Crippen LogP contribution in [0.25, 0.3) is 10.9 Å². The minimum atomic E-state index is 0.0265. The van der Waals surface area contributed by atoms with Gasteiger partial charge in [0.15, 0.2) is 0 Å². The van der Waals surface area contributed by atoms with Gasteiger partial charge in [0.2, 0.25) is 0 Å². The summed E-state index contributed by atoms with van der Waals surface area (Å²) < 4.78 is 7.56. The molecule has 22 heavy (non-hydrogen) atoms. The Balaban J connectivity index is 1.76. The molecule has 0 radical (unpaired) electrons. The van der Waals surface area contributed by atoms with Crippen LogP contribution >= 0.6 is 0 Å². The van der Waals surface area contributed by atoms with Gasteiger partial charge in [-0.15, -0.1) is 0 Å². The van der Waals surface area contributed by atoms with Crippen molar-refractivity contribution in [2.24, 2.45) is 5.92 Å². The van der Waals surface area contributed by atoms with Gasteiger partial charge in [0.1, 0.15) is 0 Å². The lowest BCUT2D eigenvalue weighted by molar-refractivity contribution is 0.0643. The van der Waals surface area contributed by atoms with E-state index in [0.717, 1.165) is 49.1 Å². The zero-order valence-corrected chi connectivity index (χ0v) is 13.3. The third-order valence-corrected chi connectivity index (χ3v) is 4.46. The van der Waals surface area contributed by atoms with Gasteiger partial charge < -0.3 is 14.6 Å². The van der Waals surface area contributed by atoms with Gasteiger partial charge in [0, 0.05) is 48.5 Å². The van der Waals surface area contributed by atoms with E-state index in [1.54, 1.807) is 0 Å². The van der Waals surface area contributed by atoms with E-state index in [0.29, 0.717) is 12.0 Å². The number of nitrogens with zero attached hydrogens (tertiary/aromatic N) is 1. The maximum Gasteiger partial charge on any atom is 0.251 e. The molecule has 0 unspecified atom stereocenters. The third kappa shape index (κ3) is 3.02. The summed E-state index contributed by atoms with van der Waals surface area (Å²) in [4.78, 5) is 12.5. The summed E-state index contributed by atoms with van der Waals surface area (Å²) in [6, 6.07) is 8.37. The Morgan fingerprint density at radius 3 is 2.82 bits per heavy atom. The van der Waals surface area contributed by atoms with Crippen LogP contribution in [-0.4, -0.2) is 30.2 Å².